The summed E-state index contributed by atoms with van der Waals surface area (Å²) in [6, 6.07) is 10.3. The van der Waals surface area contributed by atoms with Crippen LogP contribution in [0.2, 0.25) is 0 Å². The van der Waals surface area contributed by atoms with E-state index in [2.05, 4.69) is 28.8 Å². The molecule has 1 aliphatic rings. The van der Waals surface area contributed by atoms with Crippen LogP contribution in [0, 0.1) is 6.92 Å². The van der Waals surface area contributed by atoms with Gasteiger partial charge in [0.1, 0.15) is 0 Å². The number of hydrogen-bond donors (Lipinski definition) is 0. The first-order valence-electron chi connectivity index (χ1n) is 4.65. The Balaban J connectivity index is 0.000000132. The van der Waals surface area contributed by atoms with Gasteiger partial charge in [0.25, 0.3) is 0 Å². The second-order valence-corrected chi connectivity index (χ2v) is 3.01. The van der Waals surface area contributed by atoms with E-state index in [1.165, 1.54) is 5.56 Å². The second-order valence-electron chi connectivity index (χ2n) is 3.01. The van der Waals surface area contributed by atoms with Crippen LogP contribution < -0.4 is 0 Å². The van der Waals surface area contributed by atoms with Gasteiger partial charge in [0.2, 0.25) is 0 Å². The van der Waals surface area contributed by atoms with Gasteiger partial charge < -0.3 is 0 Å². The van der Waals surface area contributed by atoms with Crippen molar-refractivity contribution in [2.45, 2.75) is 19.8 Å². The summed E-state index contributed by atoms with van der Waals surface area (Å²) in [5.41, 5.74) is 1.32. The summed E-state index contributed by atoms with van der Waals surface area (Å²) < 4.78 is 0. The number of hydrogen-bond acceptors (Lipinski definition) is 2. The lowest BCUT2D eigenvalue weighted by Crippen LogP contribution is -2.05. The molecule has 72 valence electrons. The maximum absolute atomic E-state index is 4.57. The van der Waals surface area contributed by atoms with Crippen molar-refractivity contribution in [3.8, 4) is 0 Å². The molecule has 0 N–H and O–H groups in total. The topological polar surface area (TPSA) is 18.5 Å². The van der Waals surface area contributed by atoms with Crippen molar-refractivity contribution >= 4 is 0 Å². The average Bonchev–Trinajstić information content (AvgIpc) is 2.22. The number of rotatable bonds is 0. The first-order valence-corrected chi connectivity index (χ1v) is 4.65. The highest BCUT2D eigenvalue weighted by molar-refractivity contribution is 5.11. The molecule has 2 nitrogen and oxygen atoms in total. The maximum Gasteiger partial charge on any atom is 0.0823 e. The Kier molecular flexibility index (Phi) is 5.22. The lowest BCUT2D eigenvalue weighted by Gasteiger charge is -2.07. The largest absolute Gasteiger partial charge is 0.237 e. The molecule has 1 aromatic carbocycles. The summed E-state index contributed by atoms with van der Waals surface area (Å²) in [5, 5.41) is 0. The van der Waals surface area contributed by atoms with E-state index in [0.717, 1.165) is 26.1 Å². The van der Waals surface area contributed by atoms with Gasteiger partial charge in [0.05, 0.1) is 13.2 Å². The molecule has 1 fully saturated rings. The van der Waals surface area contributed by atoms with Gasteiger partial charge in [0, 0.05) is 0 Å². The van der Waals surface area contributed by atoms with Crippen LogP contribution in [0.5, 0.6) is 0 Å². The Morgan fingerprint density at radius 1 is 0.923 bits per heavy atom. The van der Waals surface area contributed by atoms with Gasteiger partial charge in [-0.25, -0.2) is 9.78 Å². The summed E-state index contributed by atoms with van der Waals surface area (Å²) in [6.45, 7) is 3.64. The third-order valence-electron chi connectivity index (χ3n) is 1.73. The molecule has 2 rings (SSSR count). The monoisotopic (exact) mass is 180 g/mol. The van der Waals surface area contributed by atoms with Crippen LogP contribution in [0.25, 0.3) is 0 Å². The molecule has 1 heterocycles. The molecule has 0 spiro atoms. The Morgan fingerprint density at radius 3 is 1.69 bits per heavy atom. The van der Waals surface area contributed by atoms with Crippen molar-refractivity contribution in [3.63, 3.8) is 0 Å². The molecule has 0 amide bonds. The van der Waals surface area contributed by atoms with Gasteiger partial charge in [-0.2, -0.15) is 0 Å². The van der Waals surface area contributed by atoms with Gasteiger partial charge in [-0.1, -0.05) is 35.9 Å². The zero-order valence-electron chi connectivity index (χ0n) is 8.03. The van der Waals surface area contributed by atoms with Crippen molar-refractivity contribution in [2.75, 3.05) is 13.2 Å². The van der Waals surface area contributed by atoms with E-state index < -0.39 is 0 Å². The Labute approximate surface area is 79.4 Å². The summed E-state index contributed by atoms with van der Waals surface area (Å²) in [7, 11) is 0. The normalized spacial score (nSPS) is 15.8. The molecule has 0 atom stereocenters. The molecular weight excluding hydrogens is 164 g/mol. The van der Waals surface area contributed by atoms with Gasteiger partial charge in [-0.05, 0) is 19.8 Å². The standard InChI is InChI=1S/C7H8.C4H8O2/c1-7-5-3-2-4-6-7;1-2-4-6-5-3-1/h2-6H,1H3;1-4H2. The minimum atomic E-state index is 0.778. The molecule has 0 radical (unpaired) electrons. The SMILES string of the molecule is C1CCOOC1.Cc1ccccc1. The molecule has 1 aromatic rings. The van der Waals surface area contributed by atoms with Crippen LogP contribution >= 0.6 is 0 Å². The number of benzene rings is 1. The average molecular weight is 180 g/mol. The lowest BCUT2D eigenvalue weighted by molar-refractivity contribution is -0.312. The van der Waals surface area contributed by atoms with E-state index in [1.54, 1.807) is 0 Å². The van der Waals surface area contributed by atoms with Gasteiger partial charge in [-0.3, -0.25) is 0 Å². The van der Waals surface area contributed by atoms with Crippen LogP contribution in [0.1, 0.15) is 18.4 Å². The van der Waals surface area contributed by atoms with E-state index in [9.17, 15) is 0 Å². The van der Waals surface area contributed by atoms with Crippen LogP contribution in [-0.4, -0.2) is 13.2 Å². The maximum atomic E-state index is 4.57. The van der Waals surface area contributed by atoms with Crippen molar-refractivity contribution in [1.29, 1.82) is 0 Å². The van der Waals surface area contributed by atoms with Gasteiger partial charge in [0.15, 0.2) is 0 Å². The van der Waals surface area contributed by atoms with Crippen LogP contribution in [0.15, 0.2) is 30.3 Å². The minimum absolute atomic E-state index is 0.778. The van der Waals surface area contributed by atoms with Crippen molar-refractivity contribution in [2.24, 2.45) is 0 Å². The van der Waals surface area contributed by atoms with Crippen molar-refractivity contribution in [1.82, 2.24) is 0 Å². The Morgan fingerprint density at radius 2 is 1.46 bits per heavy atom. The summed E-state index contributed by atoms with van der Waals surface area (Å²) in [5.74, 6) is 0. The fourth-order valence-electron chi connectivity index (χ4n) is 0.974. The quantitative estimate of drug-likeness (QED) is 0.571. The first kappa shape index (κ1) is 10.2. The van der Waals surface area contributed by atoms with Crippen LogP contribution in [0.3, 0.4) is 0 Å². The molecular formula is C11H16O2. The summed E-state index contributed by atoms with van der Waals surface area (Å²) in [4.78, 5) is 9.14. The van der Waals surface area contributed by atoms with Gasteiger partial charge in [-0.15, -0.1) is 0 Å². The molecule has 13 heavy (non-hydrogen) atoms. The molecule has 0 unspecified atom stereocenters. The lowest BCUT2D eigenvalue weighted by atomic mass is 10.2. The van der Waals surface area contributed by atoms with Crippen LogP contribution in [-0.2, 0) is 9.78 Å². The van der Waals surface area contributed by atoms with Gasteiger partial charge >= 0.3 is 0 Å². The molecule has 0 bridgehead atoms. The molecule has 0 aliphatic carbocycles. The Hall–Kier alpha value is -0.860. The molecule has 0 saturated carbocycles. The highest BCUT2D eigenvalue weighted by Gasteiger charge is 1.95. The first-order chi connectivity index (χ1) is 6.39. The summed E-state index contributed by atoms with van der Waals surface area (Å²) >= 11 is 0. The fraction of sp³-hybridized carbons (Fsp3) is 0.455. The second kappa shape index (κ2) is 6.63. The zero-order valence-corrected chi connectivity index (χ0v) is 8.03. The predicted molar refractivity (Wildman–Crippen MR) is 52.3 cm³/mol. The Bertz CT molecular complexity index is 193. The van der Waals surface area contributed by atoms with E-state index in [1.807, 2.05) is 18.2 Å². The highest BCUT2D eigenvalue weighted by atomic mass is 17.2. The number of aryl methyl sites for hydroxylation is 1. The summed E-state index contributed by atoms with van der Waals surface area (Å²) in [6.07, 6.45) is 2.31. The van der Waals surface area contributed by atoms with Crippen molar-refractivity contribution in [3.05, 3.63) is 35.9 Å². The molecule has 1 saturated heterocycles. The third kappa shape index (κ3) is 5.39. The fourth-order valence-corrected chi connectivity index (χ4v) is 0.974. The smallest absolute Gasteiger partial charge is 0.0823 e. The molecule has 0 aromatic heterocycles. The minimum Gasteiger partial charge on any atom is -0.237 e. The van der Waals surface area contributed by atoms with E-state index >= 15 is 0 Å². The van der Waals surface area contributed by atoms with E-state index in [4.69, 9.17) is 0 Å². The molecule has 2 heteroatoms. The van der Waals surface area contributed by atoms with E-state index in [0.29, 0.717) is 0 Å². The third-order valence-corrected chi connectivity index (χ3v) is 1.73. The van der Waals surface area contributed by atoms with Crippen molar-refractivity contribution < 1.29 is 9.78 Å². The van der Waals surface area contributed by atoms with Crippen LogP contribution in [0.4, 0.5) is 0 Å². The highest BCUT2D eigenvalue weighted by Crippen LogP contribution is 1.97. The molecule has 1 aliphatic heterocycles. The van der Waals surface area contributed by atoms with E-state index in [-0.39, 0.29) is 0 Å². The predicted octanol–water partition coefficient (Wildman–Crippen LogP) is 2.72. The zero-order chi connectivity index (χ0) is 9.36.